The van der Waals surface area contributed by atoms with Gasteiger partial charge in [-0.1, -0.05) is 0 Å². The number of aldehydes is 1. The van der Waals surface area contributed by atoms with Crippen LogP contribution in [-0.2, 0) is 4.79 Å². The van der Waals surface area contributed by atoms with Crippen molar-refractivity contribution in [1.29, 1.82) is 0 Å². The lowest BCUT2D eigenvalue weighted by atomic mass is 10.1. The van der Waals surface area contributed by atoms with E-state index in [4.69, 9.17) is 0 Å². The van der Waals surface area contributed by atoms with E-state index in [1.54, 1.807) is 12.1 Å². The smallest absolute Gasteiger partial charge is 0.269 e. The van der Waals surface area contributed by atoms with Crippen LogP contribution in [0.25, 0.3) is 0 Å². The number of anilines is 1. The zero-order valence-electron chi connectivity index (χ0n) is 10.8. The number of likely N-dealkylation sites (N-methyl/N-ethyl adjacent to an activating group) is 1. The number of nitro groups is 1. The number of carbonyl (C=O) groups excluding carboxylic acids is 1. The second-order valence-electron chi connectivity index (χ2n) is 4.78. The molecular formula is C13H17N3O3. The number of hydrogen-bond acceptors (Lipinski definition) is 5. The van der Waals surface area contributed by atoms with Crippen LogP contribution in [-0.4, -0.2) is 36.9 Å². The maximum atomic E-state index is 10.6. The molecule has 0 saturated carbocycles. The summed E-state index contributed by atoms with van der Waals surface area (Å²) in [4.78, 5) is 22.8. The monoisotopic (exact) mass is 263 g/mol. The molecule has 0 bridgehead atoms. The Labute approximate surface area is 111 Å². The lowest BCUT2D eigenvalue weighted by Gasteiger charge is -2.26. The summed E-state index contributed by atoms with van der Waals surface area (Å²) in [5.41, 5.74) is 1.05. The molecule has 1 saturated heterocycles. The Morgan fingerprint density at radius 3 is 2.74 bits per heavy atom. The van der Waals surface area contributed by atoms with Gasteiger partial charge in [0.2, 0.25) is 0 Å². The average molecular weight is 263 g/mol. The van der Waals surface area contributed by atoms with Crippen LogP contribution < -0.4 is 10.2 Å². The molecule has 1 fully saturated rings. The molecule has 1 heterocycles. The van der Waals surface area contributed by atoms with Gasteiger partial charge in [-0.25, -0.2) is 0 Å². The van der Waals surface area contributed by atoms with Gasteiger partial charge < -0.3 is 15.0 Å². The van der Waals surface area contributed by atoms with Crippen LogP contribution in [0.5, 0.6) is 0 Å². The van der Waals surface area contributed by atoms with Crippen molar-refractivity contribution in [3.63, 3.8) is 0 Å². The number of rotatable bonds is 5. The Kier molecular flexibility index (Phi) is 4.11. The zero-order chi connectivity index (χ0) is 13.8. The second kappa shape index (κ2) is 5.79. The zero-order valence-corrected chi connectivity index (χ0v) is 10.8. The van der Waals surface area contributed by atoms with Crippen LogP contribution >= 0.6 is 0 Å². The summed E-state index contributed by atoms with van der Waals surface area (Å²) in [6, 6.07) is 7.08. The summed E-state index contributed by atoms with van der Waals surface area (Å²) in [6.07, 6.45) is 2.38. The van der Waals surface area contributed by atoms with E-state index in [2.05, 4.69) is 10.2 Å². The normalized spacial score (nSPS) is 22.2. The van der Waals surface area contributed by atoms with E-state index in [9.17, 15) is 14.9 Å². The van der Waals surface area contributed by atoms with Crippen LogP contribution in [0.15, 0.2) is 24.3 Å². The first-order valence-electron chi connectivity index (χ1n) is 6.26. The highest BCUT2D eigenvalue weighted by Gasteiger charge is 2.26. The number of nitro benzene ring substituents is 1. The van der Waals surface area contributed by atoms with Crippen molar-refractivity contribution in [2.24, 2.45) is 0 Å². The third-order valence-corrected chi connectivity index (χ3v) is 3.60. The number of nitrogens with one attached hydrogen (secondary N) is 1. The highest BCUT2D eigenvalue weighted by Crippen LogP contribution is 2.23. The fourth-order valence-electron chi connectivity index (χ4n) is 2.41. The number of nitrogens with zero attached hydrogens (tertiary/aromatic N) is 2. The molecule has 2 atom stereocenters. The number of carbonyl (C=O) groups is 1. The van der Waals surface area contributed by atoms with Crippen molar-refractivity contribution in [2.75, 3.05) is 18.5 Å². The standard InChI is InChI=1S/C13H17N3O3/c1-15(13-8-10(6-7-17)14-9-13)11-2-4-12(5-3-11)16(18)19/h2-5,7,10,13-14H,6,8-9H2,1H3. The van der Waals surface area contributed by atoms with Gasteiger partial charge in [-0.3, -0.25) is 10.1 Å². The van der Waals surface area contributed by atoms with E-state index in [1.807, 2.05) is 7.05 Å². The molecule has 1 aromatic carbocycles. The molecule has 0 aliphatic carbocycles. The number of non-ortho nitro benzene ring substituents is 1. The molecule has 0 radical (unpaired) electrons. The van der Waals surface area contributed by atoms with Crippen molar-refractivity contribution in [3.05, 3.63) is 34.4 Å². The van der Waals surface area contributed by atoms with Gasteiger partial charge in [0.05, 0.1) is 4.92 Å². The van der Waals surface area contributed by atoms with Crippen LogP contribution in [0.1, 0.15) is 12.8 Å². The minimum atomic E-state index is -0.402. The Morgan fingerprint density at radius 2 is 2.16 bits per heavy atom. The molecule has 19 heavy (non-hydrogen) atoms. The fourth-order valence-corrected chi connectivity index (χ4v) is 2.41. The molecule has 6 nitrogen and oxygen atoms in total. The van der Waals surface area contributed by atoms with Gasteiger partial charge in [-0.15, -0.1) is 0 Å². The Hall–Kier alpha value is -1.95. The van der Waals surface area contributed by atoms with Crippen LogP contribution in [0.2, 0.25) is 0 Å². The summed E-state index contributed by atoms with van der Waals surface area (Å²) >= 11 is 0. The van der Waals surface area contributed by atoms with Gasteiger partial charge in [-0.2, -0.15) is 0 Å². The molecule has 0 spiro atoms. The average Bonchev–Trinajstić information content (AvgIpc) is 2.87. The van der Waals surface area contributed by atoms with Crippen LogP contribution in [0.4, 0.5) is 11.4 Å². The van der Waals surface area contributed by atoms with Crippen molar-refractivity contribution in [1.82, 2.24) is 5.32 Å². The van der Waals surface area contributed by atoms with Crippen molar-refractivity contribution >= 4 is 17.7 Å². The molecule has 1 aromatic rings. The molecule has 1 aliphatic heterocycles. The minimum Gasteiger partial charge on any atom is -0.370 e. The Morgan fingerprint density at radius 1 is 1.47 bits per heavy atom. The van der Waals surface area contributed by atoms with E-state index in [-0.39, 0.29) is 11.7 Å². The Bertz CT molecular complexity index is 461. The van der Waals surface area contributed by atoms with E-state index in [0.717, 1.165) is 24.9 Å². The first kappa shape index (κ1) is 13.5. The molecule has 1 aliphatic rings. The summed E-state index contributed by atoms with van der Waals surface area (Å²) in [5.74, 6) is 0. The van der Waals surface area contributed by atoms with Crippen LogP contribution in [0, 0.1) is 10.1 Å². The van der Waals surface area contributed by atoms with Gasteiger partial charge in [-0.05, 0) is 18.6 Å². The molecule has 0 amide bonds. The first-order valence-corrected chi connectivity index (χ1v) is 6.26. The van der Waals surface area contributed by atoms with E-state index in [1.165, 1.54) is 12.1 Å². The Balaban J connectivity index is 2.01. The molecule has 102 valence electrons. The van der Waals surface area contributed by atoms with Crippen molar-refractivity contribution in [2.45, 2.75) is 24.9 Å². The van der Waals surface area contributed by atoms with E-state index in [0.29, 0.717) is 12.5 Å². The van der Waals surface area contributed by atoms with Crippen molar-refractivity contribution < 1.29 is 9.72 Å². The minimum absolute atomic E-state index is 0.0977. The molecule has 0 aromatic heterocycles. The number of benzene rings is 1. The van der Waals surface area contributed by atoms with Gasteiger partial charge in [0.25, 0.3) is 5.69 Å². The molecule has 1 N–H and O–H groups in total. The third-order valence-electron chi connectivity index (χ3n) is 3.60. The van der Waals surface area contributed by atoms with Gasteiger partial charge >= 0.3 is 0 Å². The predicted octanol–water partition coefficient (Wildman–Crippen LogP) is 1.35. The van der Waals surface area contributed by atoms with Gasteiger partial charge in [0, 0.05) is 49.9 Å². The maximum absolute atomic E-state index is 10.6. The summed E-state index contributed by atoms with van der Waals surface area (Å²) < 4.78 is 0. The SMILES string of the molecule is CN(c1ccc([N+](=O)[O-])cc1)C1CNC(CC=O)C1. The molecular weight excluding hydrogens is 246 g/mol. The van der Waals surface area contributed by atoms with Crippen LogP contribution in [0.3, 0.4) is 0 Å². The summed E-state index contributed by atoms with van der Waals surface area (Å²) in [6.45, 7) is 0.825. The predicted molar refractivity (Wildman–Crippen MR) is 72.4 cm³/mol. The summed E-state index contributed by atoms with van der Waals surface area (Å²) in [7, 11) is 1.97. The maximum Gasteiger partial charge on any atom is 0.269 e. The lowest BCUT2D eigenvalue weighted by Crippen LogP contribution is -2.33. The topological polar surface area (TPSA) is 75.5 Å². The van der Waals surface area contributed by atoms with E-state index >= 15 is 0 Å². The summed E-state index contributed by atoms with van der Waals surface area (Å²) in [5, 5.41) is 13.9. The van der Waals surface area contributed by atoms with Crippen molar-refractivity contribution in [3.8, 4) is 0 Å². The number of hydrogen-bond donors (Lipinski definition) is 1. The fraction of sp³-hybridized carbons (Fsp3) is 0.462. The quantitative estimate of drug-likeness (QED) is 0.493. The first-order chi connectivity index (χ1) is 9.11. The highest BCUT2D eigenvalue weighted by atomic mass is 16.6. The second-order valence-corrected chi connectivity index (χ2v) is 4.78. The van der Waals surface area contributed by atoms with E-state index < -0.39 is 4.92 Å². The molecule has 6 heteroatoms. The largest absolute Gasteiger partial charge is 0.370 e. The lowest BCUT2D eigenvalue weighted by molar-refractivity contribution is -0.384. The highest BCUT2D eigenvalue weighted by molar-refractivity contribution is 5.52. The third kappa shape index (κ3) is 3.08. The molecule has 2 unspecified atom stereocenters. The van der Waals surface area contributed by atoms with Gasteiger partial charge in [0.15, 0.2) is 0 Å². The molecule has 2 rings (SSSR count). The van der Waals surface area contributed by atoms with Gasteiger partial charge in [0.1, 0.15) is 6.29 Å².